The Balaban J connectivity index is 1.06. The summed E-state index contributed by atoms with van der Waals surface area (Å²) >= 11 is 0. The van der Waals surface area contributed by atoms with Crippen LogP contribution in [0, 0.1) is 6.92 Å². The second-order valence-corrected chi connectivity index (χ2v) is 11.8. The normalized spacial score (nSPS) is 20.2. The molecule has 4 heterocycles. The van der Waals surface area contributed by atoms with Gasteiger partial charge < -0.3 is 19.9 Å². The summed E-state index contributed by atoms with van der Waals surface area (Å²) < 4.78 is 5.58. The van der Waals surface area contributed by atoms with E-state index in [0.717, 1.165) is 82.0 Å². The molecule has 2 aromatic carbocycles. The number of benzene rings is 2. The zero-order chi connectivity index (χ0) is 30.5. The summed E-state index contributed by atoms with van der Waals surface area (Å²) in [7, 11) is 1.40. The maximum absolute atomic E-state index is 13.9. The lowest BCUT2D eigenvalue weighted by Crippen LogP contribution is -2.48. The number of ether oxygens (including phenoxy) is 1. The van der Waals surface area contributed by atoms with Crippen LogP contribution in [0.5, 0.6) is 0 Å². The van der Waals surface area contributed by atoms with Crippen LogP contribution < -0.4 is 10.8 Å². The van der Waals surface area contributed by atoms with Gasteiger partial charge >= 0.3 is 6.03 Å². The van der Waals surface area contributed by atoms with E-state index in [4.69, 9.17) is 4.74 Å². The van der Waals surface area contributed by atoms with Crippen LogP contribution in [0.1, 0.15) is 58.9 Å². The van der Waals surface area contributed by atoms with E-state index >= 15 is 0 Å². The van der Waals surface area contributed by atoms with Gasteiger partial charge in [0.25, 0.3) is 5.91 Å². The van der Waals surface area contributed by atoms with Crippen LogP contribution >= 0.6 is 0 Å². The zero-order valence-corrected chi connectivity index (χ0v) is 25.4. The van der Waals surface area contributed by atoms with E-state index in [9.17, 15) is 9.59 Å². The first-order valence-electron chi connectivity index (χ1n) is 15.5. The van der Waals surface area contributed by atoms with Gasteiger partial charge in [-0.2, -0.15) is 0 Å². The molecule has 6 rings (SSSR count). The van der Waals surface area contributed by atoms with E-state index < -0.39 is 0 Å². The molecule has 3 amide bonds. The third-order valence-electron chi connectivity index (χ3n) is 9.01. The van der Waals surface area contributed by atoms with E-state index in [1.807, 2.05) is 19.2 Å². The minimum absolute atomic E-state index is 0.0810. The largest absolute Gasteiger partial charge is 0.381 e. The van der Waals surface area contributed by atoms with Gasteiger partial charge in [-0.15, -0.1) is 0 Å². The Morgan fingerprint density at radius 3 is 2.41 bits per heavy atom. The number of piperidine rings is 1. The molecule has 3 aliphatic rings. The van der Waals surface area contributed by atoms with Crippen molar-refractivity contribution < 1.29 is 19.2 Å². The number of carbonyl (C=O) groups excluding carboxylic acids is 2. The van der Waals surface area contributed by atoms with Crippen LogP contribution in [0.25, 0.3) is 0 Å². The monoisotopic (exact) mass is 599 g/mol. The van der Waals surface area contributed by atoms with Gasteiger partial charge in [0.05, 0.1) is 13.2 Å². The number of aromatic nitrogens is 2. The molecule has 0 saturated carbocycles. The van der Waals surface area contributed by atoms with Gasteiger partial charge in [0, 0.05) is 80.2 Å². The van der Waals surface area contributed by atoms with Crippen LogP contribution in [-0.2, 0) is 16.1 Å². The summed E-state index contributed by atoms with van der Waals surface area (Å²) in [4.78, 5) is 46.5. The van der Waals surface area contributed by atoms with Crippen molar-refractivity contribution in [3.05, 3.63) is 83.2 Å². The number of nitrogens with one attached hydrogen (secondary N) is 2. The number of anilines is 2. The van der Waals surface area contributed by atoms with Crippen LogP contribution in [0.4, 0.5) is 16.4 Å². The SMILES string of the molecule is CONC(=O)c1ccc(Nc2ncc(CN3CCC(N4C(=O)N(C5CCOCC5)C[C@H]4c4ccccc4)CC3)c(C)n2)cc1. The Hall–Kier alpha value is -4.06. The third-order valence-corrected chi connectivity index (χ3v) is 9.01. The van der Waals surface area contributed by atoms with Crippen molar-refractivity contribution >= 4 is 23.6 Å². The molecule has 3 saturated heterocycles. The molecule has 0 bridgehead atoms. The Morgan fingerprint density at radius 1 is 1.00 bits per heavy atom. The molecular formula is C33H41N7O4. The number of likely N-dealkylation sites (tertiary alicyclic amines) is 1. The number of hydroxylamine groups is 1. The van der Waals surface area contributed by atoms with Gasteiger partial charge in [-0.3, -0.25) is 14.5 Å². The van der Waals surface area contributed by atoms with Crippen LogP contribution in [0.3, 0.4) is 0 Å². The van der Waals surface area contributed by atoms with Gasteiger partial charge in [-0.05, 0) is 62.4 Å². The van der Waals surface area contributed by atoms with Gasteiger partial charge in [0.15, 0.2) is 0 Å². The number of aryl methyl sites for hydroxylation is 1. The highest BCUT2D eigenvalue weighted by atomic mass is 16.6. The summed E-state index contributed by atoms with van der Waals surface area (Å²) in [6.07, 6.45) is 5.59. The van der Waals surface area contributed by atoms with Crippen molar-refractivity contribution in [2.45, 2.75) is 57.3 Å². The minimum atomic E-state index is -0.306. The van der Waals surface area contributed by atoms with Crippen molar-refractivity contribution in [3.63, 3.8) is 0 Å². The van der Waals surface area contributed by atoms with Gasteiger partial charge in [0.1, 0.15) is 0 Å². The summed E-state index contributed by atoms with van der Waals surface area (Å²) in [6, 6.07) is 18.3. The van der Waals surface area contributed by atoms with Crippen molar-refractivity contribution in [3.8, 4) is 0 Å². The van der Waals surface area contributed by atoms with Crippen molar-refractivity contribution in [1.29, 1.82) is 0 Å². The lowest BCUT2D eigenvalue weighted by atomic mass is 9.98. The lowest BCUT2D eigenvalue weighted by Gasteiger charge is -2.39. The molecule has 0 unspecified atom stereocenters. The van der Waals surface area contributed by atoms with Crippen molar-refractivity contribution in [2.24, 2.45) is 0 Å². The van der Waals surface area contributed by atoms with E-state index in [1.165, 1.54) is 12.7 Å². The molecule has 11 heteroatoms. The fourth-order valence-electron chi connectivity index (χ4n) is 6.58. The fraction of sp³-hybridized carbons (Fsp3) is 0.455. The Morgan fingerprint density at radius 2 is 1.73 bits per heavy atom. The highest BCUT2D eigenvalue weighted by molar-refractivity contribution is 5.93. The topological polar surface area (TPSA) is 112 Å². The average Bonchev–Trinajstić information content (AvgIpc) is 3.41. The summed E-state index contributed by atoms with van der Waals surface area (Å²) in [5.74, 6) is 0.201. The Kier molecular flexibility index (Phi) is 9.34. The van der Waals surface area contributed by atoms with Crippen LogP contribution in [0.2, 0.25) is 0 Å². The fourth-order valence-corrected chi connectivity index (χ4v) is 6.58. The molecule has 3 aromatic rings. The van der Waals surface area contributed by atoms with E-state index in [2.05, 4.69) is 64.6 Å². The quantitative estimate of drug-likeness (QED) is 0.347. The minimum Gasteiger partial charge on any atom is -0.381 e. The standard InChI is InChI=1S/C33H41N7O4/c1-23-26(20-34-32(35-23)36-27-10-8-25(9-11-27)31(41)37-43-2)21-38-16-12-29(13-17-38)40-30(24-6-4-3-5-7-24)22-39(33(40)42)28-14-18-44-19-15-28/h3-11,20,28-30H,12-19,21-22H2,1-2H3,(H,37,41)(H,34,35,36)/t30-/m0/s1. The number of amides is 3. The van der Waals surface area contributed by atoms with Crippen molar-refractivity contribution in [1.82, 2.24) is 30.1 Å². The number of hydrogen-bond acceptors (Lipinski definition) is 8. The summed E-state index contributed by atoms with van der Waals surface area (Å²) in [6.45, 7) is 6.80. The maximum Gasteiger partial charge on any atom is 0.321 e. The molecule has 0 radical (unpaired) electrons. The first kappa shape index (κ1) is 30.0. The molecule has 0 aliphatic carbocycles. The molecule has 44 heavy (non-hydrogen) atoms. The molecule has 3 fully saturated rings. The number of rotatable bonds is 9. The molecular weight excluding hydrogens is 558 g/mol. The molecule has 2 N–H and O–H groups in total. The smallest absolute Gasteiger partial charge is 0.321 e. The number of nitrogens with zero attached hydrogens (tertiary/aromatic N) is 5. The van der Waals surface area contributed by atoms with Gasteiger partial charge in [0.2, 0.25) is 5.95 Å². The van der Waals surface area contributed by atoms with E-state index in [1.54, 1.807) is 24.3 Å². The highest BCUT2D eigenvalue weighted by Crippen LogP contribution is 2.37. The summed E-state index contributed by atoms with van der Waals surface area (Å²) in [5, 5.41) is 3.21. The van der Waals surface area contributed by atoms with Gasteiger partial charge in [-0.25, -0.2) is 20.2 Å². The molecule has 11 nitrogen and oxygen atoms in total. The van der Waals surface area contributed by atoms with Gasteiger partial charge in [-0.1, -0.05) is 30.3 Å². The average molecular weight is 600 g/mol. The second-order valence-electron chi connectivity index (χ2n) is 11.8. The summed E-state index contributed by atoms with van der Waals surface area (Å²) in [5.41, 5.74) is 6.82. The first-order valence-corrected chi connectivity index (χ1v) is 15.5. The molecule has 1 atom stereocenters. The molecule has 232 valence electrons. The van der Waals surface area contributed by atoms with E-state index in [0.29, 0.717) is 11.5 Å². The van der Waals surface area contributed by atoms with Crippen molar-refractivity contribution in [2.75, 3.05) is 45.3 Å². The van der Waals surface area contributed by atoms with Crippen LogP contribution in [-0.4, -0.2) is 88.6 Å². The Labute approximate surface area is 258 Å². The second kappa shape index (κ2) is 13.7. The highest BCUT2D eigenvalue weighted by Gasteiger charge is 2.45. The Bertz CT molecular complexity index is 1420. The van der Waals surface area contributed by atoms with Crippen LogP contribution in [0.15, 0.2) is 60.8 Å². The predicted molar refractivity (Wildman–Crippen MR) is 166 cm³/mol. The maximum atomic E-state index is 13.9. The lowest BCUT2D eigenvalue weighted by molar-refractivity contribution is 0.0493. The third kappa shape index (κ3) is 6.69. The molecule has 3 aliphatic heterocycles. The number of carbonyl (C=O) groups is 2. The number of urea groups is 1. The van der Waals surface area contributed by atoms with E-state index in [-0.39, 0.29) is 30.1 Å². The predicted octanol–water partition coefficient (Wildman–Crippen LogP) is 4.44. The molecule has 1 aromatic heterocycles. The molecule has 0 spiro atoms. The first-order chi connectivity index (χ1) is 21.5. The zero-order valence-electron chi connectivity index (χ0n) is 25.4. The number of hydrogen-bond donors (Lipinski definition) is 2.